The van der Waals surface area contributed by atoms with Crippen LogP contribution >= 0.6 is 0 Å². The van der Waals surface area contributed by atoms with Crippen molar-refractivity contribution in [3.05, 3.63) is 36.3 Å². The molecule has 0 amide bonds. The Morgan fingerprint density at radius 3 is 2.07 bits per heavy atom. The summed E-state index contributed by atoms with van der Waals surface area (Å²) in [5, 5.41) is 3.37. The first kappa shape index (κ1) is 23.1. The van der Waals surface area contributed by atoms with Crippen LogP contribution in [0.4, 0.5) is 11.6 Å². The van der Waals surface area contributed by atoms with Crippen LogP contribution in [-0.2, 0) is 0 Å². The molecule has 2 rings (SSSR count). The minimum atomic E-state index is -0.832. The van der Waals surface area contributed by atoms with Crippen molar-refractivity contribution in [1.29, 1.82) is 0 Å². The van der Waals surface area contributed by atoms with Gasteiger partial charge in [0.1, 0.15) is 0 Å². The molecule has 0 saturated carbocycles. The third-order valence-corrected chi connectivity index (χ3v) is 10.4. The molecule has 0 aliphatic rings. The molecule has 1 N–H and O–H groups in total. The molecule has 0 aliphatic carbocycles. The summed E-state index contributed by atoms with van der Waals surface area (Å²) in [6.07, 6.45) is 15.8. The summed E-state index contributed by atoms with van der Waals surface area (Å²) in [6, 6.07) is 6.18. The number of unbranched alkanes of at least 4 members (excludes halogenated alkanes) is 3. The minimum absolute atomic E-state index is 0.546. The van der Waals surface area contributed by atoms with Gasteiger partial charge in [0.05, 0.1) is 0 Å². The van der Waals surface area contributed by atoms with E-state index in [4.69, 9.17) is 4.98 Å². The van der Waals surface area contributed by atoms with E-state index in [1.807, 2.05) is 31.5 Å². The maximum atomic E-state index is 4.94. The summed E-state index contributed by atoms with van der Waals surface area (Å²) in [5.74, 6) is 0.722. The number of hydrogen-bond acceptors (Lipinski definition) is 4. The van der Waals surface area contributed by atoms with E-state index >= 15 is 0 Å². The van der Waals surface area contributed by atoms with Crippen LogP contribution < -0.4 is 9.03 Å². The molecule has 0 spiro atoms. The zero-order valence-corrected chi connectivity index (χ0v) is 20.9. The summed E-state index contributed by atoms with van der Waals surface area (Å²) in [6.45, 7) is 8.96. The molecular formula is C23H36N4Sn. The molecule has 4 nitrogen and oxygen atoms in total. The van der Waals surface area contributed by atoms with Crippen molar-refractivity contribution in [1.82, 2.24) is 15.0 Å². The Kier molecular flexibility index (Phi) is 10.2. The Labute approximate surface area is 181 Å². The Balaban J connectivity index is 2.19. The molecule has 2 aromatic heterocycles. The molecule has 0 bridgehead atoms. The summed E-state index contributed by atoms with van der Waals surface area (Å²) in [7, 11) is 0. The van der Waals surface area contributed by atoms with Crippen LogP contribution in [0.5, 0.6) is 0 Å². The predicted octanol–water partition coefficient (Wildman–Crippen LogP) is 5.98. The second-order valence-electron chi connectivity index (χ2n) is 7.79. The fourth-order valence-corrected chi connectivity index (χ4v) is 8.67. The number of aromatic nitrogens is 3. The molecule has 2 aromatic rings. The van der Waals surface area contributed by atoms with E-state index < -0.39 is 21.1 Å². The van der Waals surface area contributed by atoms with Crippen molar-refractivity contribution in [3.63, 3.8) is 0 Å². The number of aryl methyl sites for hydroxylation is 1. The number of hydrogen-bond donors (Lipinski definition) is 1. The monoisotopic (exact) mass is 488 g/mol. The second-order valence-corrected chi connectivity index (χ2v) is 13.0. The van der Waals surface area contributed by atoms with Crippen LogP contribution in [-0.4, -0.2) is 36.1 Å². The average molecular weight is 487 g/mol. The maximum absolute atomic E-state index is 4.94. The van der Waals surface area contributed by atoms with Gasteiger partial charge in [-0.1, -0.05) is 0 Å². The van der Waals surface area contributed by atoms with Crippen LogP contribution in [0.3, 0.4) is 0 Å². The van der Waals surface area contributed by atoms with Crippen LogP contribution in [0.1, 0.15) is 84.3 Å². The van der Waals surface area contributed by atoms with E-state index in [2.05, 4.69) is 42.1 Å². The third kappa shape index (κ3) is 7.69. The molecule has 0 aliphatic heterocycles. The number of nitrogens with zero attached hydrogens (tertiary/aromatic N) is 3. The topological polar surface area (TPSA) is 50.7 Å². The van der Waals surface area contributed by atoms with E-state index in [9.17, 15) is 0 Å². The van der Waals surface area contributed by atoms with Crippen LogP contribution in [0.2, 0.25) is 3.43 Å². The molecule has 28 heavy (non-hydrogen) atoms. The Hall–Kier alpha value is -1.17. The molecule has 2 radical (unpaired) electrons. The molecule has 0 fully saturated rings. The van der Waals surface area contributed by atoms with Crippen molar-refractivity contribution in [2.45, 2.75) is 88.9 Å². The first-order chi connectivity index (χ1) is 13.6. The average Bonchev–Trinajstić information content (AvgIpc) is 2.69. The summed E-state index contributed by atoms with van der Waals surface area (Å²) in [5.41, 5.74) is 2.00. The van der Waals surface area contributed by atoms with Gasteiger partial charge in [-0.3, -0.25) is 0 Å². The van der Waals surface area contributed by atoms with Gasteiger partial charge in [0.2, 0.25) is 0 Å². The predicted molar refractivity (Wildman–Crippen MR) is 121 cm³/mol. The standard InChI is InChI=1S/C13H27.C10H9N4.Sn/c1-4-7-10-13(11-8-5-2)12-9-6-3;1-8-7-9(3-6-11-8)14-10-12-4-2-5-13-10;/h4-12H2,1-3H3;2-4,6-7H,1H3,(H,11,12,13,14);. The number of anilines is 2. The molecule has 0 unspecified atom stereocenters. The Bertz CT molecular complexity index is 683. The van der Waals surface area contributed by atoms with Crippen LogP contribution in [0, 0.1) is 6.92 Å². The van der Waals surface area contributed by atoms with Crippen molar-refractivity contribution in [2.75, 3.05) is 5.32 Å². The summed E-state index contributed by atoms with van der Waals surface area (Å²) >= 11 is -0.832. The number of pyridine rings is 1. The molecule has 152 valence electrons. The number of nitrogens with one attached hydrogen (secondary N) is 1. The van der Waals surface area contributed by atoms with Gasteiger partial charge in [0, 0.05) is 0 Å². The van der Waals surface area contributed by atoms with Gasteiger partial charge in [-0.05, 0) is 0 Å². The molecule has 0 saturated heterocycles. The fourth-order valence-electron chi connectivity index (χ4n) is 3.62. The van der Waals surface area contributed by atoms with Gasteiger partial charge < -0.3 is 0 Å². The SMILES string of the molecule is CCCC[C](CCCC)(CCCC)[Sn][c]1ccnc(Nc2ccnc(C)c2)n1. The second kappa shape index (κ2) is 12.4. The van der Waals surface area contributed by atoms with Gasteiger partial charge in [0.25, 0.3) is 0 Å². The normalized spacial score (nSPS) is 11.6. The van der Waals surface area contributed by atoms with Crippen LogP contribution in [0.15, 0.2) is 30.6 Å². The zero-order valence-electron chi connectivity index (χ0n) is 18.1. The summed E-state index contributed by atoms with van der Waals surface area (Å²) in [4.78, 5) is 13.7. The third-order valence-electron chi connectivity index (χ3n) is 5.23. The van der Waals surface area contributed by atoms with Crippen LogP contribution in [0.25, 0.3) is 0 Å². The first-order valence-electron chi connectivity index (χ1n) is 10.9. The van der Waals surface area contributed by atoms with E-state index in [0.717, 1.165) is 17.3 Å². The molecule has 2 heterocycles. The fraction of sp³-hybridized carbons (Fsp3) is 0.609. The Morgan fingerprint density at radius 1 is 0.893 bits per heavy atom. The first-order valence-corrected chi connectivity index (χ1v) is 13.8. The quantitative estimate of drug-likeness (QED) is 0.353. The van der Waals surface area contributed by atoms with E-state index in [1.54, 1.807) is 0 Å². The summed E-state index contributed by atoms with van der Waals surface area (Å²) < 4.78 is 1.87. The molecule has 5 heteroatoms. The molecule has 0 atom stereocenters. The van der Waals surface area contributed by atoms with Gasteiger partial charge in [-0.15, -0.1) is 0 Å². The molecular weight excluding hydrogens is 451 g/mol. The van der Waals surface area contributed by atoms with Gasteiger partial charge in [-0.25, -0.2) is 0 Å². The van der Waals surface area contributed by atoms with E-state index in [0.29, 0.717) is 3.43 Å². The van der Waals surface area contributed by atoms with Gasteiger partial charge in [-0.2, -0.15) is 0 Å². The molecule has 0 aromatic carbocycles. The van der Waals surface area contributed by atoms with Crippen molar-refractivity contribution in [3.8, 4) is 0 Å². The van der Waals surface area contributed by atoms with Crippen molar-refractivity contribution >= 4 is 36.5 Å². The van der Waals surface area contributed by atoms with Crippen molar-refractivity contribution < 1.29 is 0 Å². The Morgan fingerprint density at radius 2 is 1.50 bits per heavy atom. The zero-order chi connectivity index (χ0) is 20.2. The van der Waals surface area contributed by atoms with Gasteiger partial charge >= 0.3 is 182 Å². The van der Waals surface area contributed by atoms with E-state index in [-0.39, 0.29) is 0 Å². The number of rotatable bonds is 13. The van der Waals surface area contributed by atoms with E-state index in [1.165, 1.54) is 61.5 Å². The van der Waals surface area contributed by atoms with Crippen molar-refractivity contribution in [2.24, 2.45) is 0 Å². The van der Waals surface area contributed by atoms with Gasteiger partial charge in [0.15, 0.2) is 0 Å².